The Balaban J connectivity index is 2.48. The Morgan fingerprint density at radius 1 is 1.60 bits per heavy atom. The molecule has 3 nitrogen and oxygen atoms in total. The highest BCUT2D eigenvalue weighted by atomic mass is 32.1. The van der Waals surface area contributed by atoms with E-state index in [4.69, 9.17) is 4.52 Å². The van der Waals surface area contributed by atoms with Crippen LogP contribution in [0.2, 0.25) is 0 Å². The quantitative estimate of drug-likeness (QED) is 0.621. The molecule has 0 spiro atoms. The zero-order valence-electron chi connectivity index (χ0n) is 4.94. The second kappa shape index (κ2) is 2.22. The van der Waals surface area contributed by atoms with Crippen molar-refractivity contribution in [3.63, 3.8) is 0 Å². The summed E-state index contributed by atoms with van der Waals surface area (Å²) >= 11 is 1.48. The van der Waals surface area contributed by atoms with Gasteiger partial charge in [-0.05, 0) is 0 Å². The summed E-state index contributed by atoms with van der Waals surface area (Å²) in [4.78, 5) is 3.92. The molecule has 4 heteroatoms. The summed E-state index contributed by atoms with van der Waals surface area (Å²) in [5.74, 6) is 0.700. The average Bonchev–Trinajstić information content (AvgIpc) is 2.59. The maximum Gasteiger partial charge on any atom is 0.195 e. The van der Waals surface area contributed by atoms with Gasteiger partial charge in [-0.15, -0.1) is 11.3 Å². The van der Waals surface area contributed by atoms with Crippen molar-refractivity contribution in [2.75, 3.05) is 0 Å². The molecule has 10 heavy (non-hydrogen) atoms. The lowest BCUT2D eigenvalue weighted by atomic mass is 10.5. The zero-order valence-corrected chi connectivity index (χ0v) is 5.76. The molecule has 0 N–H and O–H groups in total. The summed E-state index contributed by atoms with van der Waals surface area (Å²) in [6, 6.07) is 1.77. The maximum atomic E-state index is 4.86. The van der Waals surface area contributed by atoms with E-state index < -0.39 is 0 Å². The van der Waals surface area contributed by atoms with Crippen molar-refractivity contribution in [1.82, 2.24) is 10.1 Å². The SMILES string of the molecule is [c]1csc(-c2ccno2)n1. The number of hydrogen-bond acceptors (Lipinski definition) is 4. The molecule has 0 unspecified atom stereocenters. The minimum atomic E-state index is 0.700. The first-order valence-electron chi connectivity index (χ1n) is 2.69. The standard InChI is InChI=1S/C6H3N2OS/c1-2-8-9-5(1)6-7-3-4-10-6/h1-2,4H. The van der Waals surface area contributed by atoms with Crippen molar-refractivity contribution in [1.29, 1.82) is 0 Å². The summed E-state index contributed by atoms with van der Waals surface area (Å²) in [5.41, 5.74) is 0. The third-order valence-electron chi connectivity index (χ3n) is 1.04. The van der Waals surface area contributed by atoms with Crippen LogP contribution < -0.4 is 0 Å². The van der Waals surface area contributed by atoms with Gasteiger partial charge in [-0.2, -0.15) is 0 Å². The van der Waals surface area contributed by atoms with Gasteiger partial charge >= 0.3 is 0 Å². The van der Waals surface area contributed by atoms with Gasteiger partial charge in [0, 0.05) is 11.4 Å². The van der Waals surface area contributed by atoms with Crippen LogP contribution in [0.5, 0.6) is 0 Å². The summed E-state index contributed by atoms with van der Waals surface area (Å²) in [5, 5.41) is 6.15. The lowest BCUT2D eigenvalue weighted by molar-refractivity contribution is 0.432. The molecule has 0 aliphatic heterocycles. The van der Waals surface area contributed by atoms with Crippen molar-refractivity contribution >= 4 is 11.3 Å². The van der Waals surface area contributed by atoms with E-state index in [1.165, 1.54) is 11.3 Å². The first kappa shape index (κ1) is 5.61. The number of hydrogen-bond donors (Lipinski definition) is 0. The van der Waals surface area contributed by atoms with Crippen LogP contribution in [0.4, 0.5) is 0 Å². The normalized spacial score (nSPS) is 10.0. The van der Waals surface area contributed by atoms with Gasteiger partial charge in [0.05, 0.1) is 6.20 Å². The van der Waals surface area contributed by atoms with Crippen LogP contribution in [0.1, 0.15) is 0 Å². The lowest BCUT2D eigenvalue weighted by Crippen LogP contribution is -1.66. The predicted octanol–water partition coefficient (Wildman–Crippen LogP) is 1.60. The first-order valence-corrected chi connectivity index (χ1v) is 3.57. The largest absolute Gasteiger partial charge is 0.354 e. The van der Waals surface area contributed by atoms with E-state index in [1.54, 1.807) is 17.6 Å². The predicted molar refractivity (Wildman–Crippen MR) is 36.4 cm³/mol. The minimum absolute atomic E-state index is 0.700. The van der Waals surface area contributed by atoms with Crippen LogP contribution in [0.25, 0.3) is 10.8 Å². The fraction of sp³-hybridized carbons (Fsp3) is 0. The van der Waals surface area contributed by atoms with Crippen LogP contribution in [-0.4, -0.2) is 10.1 Å². The van der Waals surface area contributed by atoms with Gasteiger partial charge in [-0.3, -0.25) is 0 Å². The molecule has 49 valence electrons. The molecular weight excluding hydrogens is 148 g/mol. The molecule has 0 amide bonds. The van der Waals surface area contributed by atoms with Crippen molar-refractivity contribution in [3.8, 4) is 10.8 Å². The zero-order chi connectivity index (χ0) is 6.81. The van der Waals surface area contributed by atoms with Crippen LogP contribution in [0, 0.1) is 6.20 Å². The van der Waals surface area contributed by atoms with E-state index in [9.17, 15) is 0 Å². The fourth-order valence-corrected chi connectivity index (χ4v) is 1.18. The van der Waals surface area contributed by atoms with Gasteiger partial charge in [0.1, 0.15) is 6.20 Å². The van der Waals surface area contributed by atoms with Gasteiger partial charge in [-0.25, -0.2) is 4.98 Å². The number of rotatable bonds is 1. The highest BCUT2D eigenvalue weighted by molar-refractivity contribution is 7.12. The fourth-order valence-electron chi connectivity index (χ4n) is 0.633. The monoisotopic (exact) mass is 151 g/mol. The Morgan fingerprint density at radius 3 is 3.20 bits per heavy atom. The van der Waals surface area contributed by atoms with Gasteiger partial charge in [0.2, 0.25) is 0 Å². The van der Waals surface area contributed by atoms with E-state index in [2.05, 4.69) is 16.3 Å². The Kier molecular flexibility index (Phi) is 1.25. The third-order valence-corrected chi connectivity index (χ3v) is 1.78. The molecule has 0 fully saturated rings. The highest BCUT2D eigenvalue weighted by Gasteiger charge is 2.02. The summed E-state index contributed by atoms with van der Waals surface area (Å²) in [7, 11) is 0. The van der Waals surface area contributed by atoms with Crippen molar-refractivity contribution in [2.45, 2.75) is 0 Å². The molecule has 0 bridgehead atoms. The molecule has 0 saturated carbocycles. The second-order valence-electron chi connectivity index (χ2n) is 1.66. The molecule has 0 aliphatic carbocycles. The van der Waals surface area contributed by atoms with Crippen molar-refractivity contribution in [3.05, 3.63) is 23.8 Å². The molecule has 1 radical (unpaired) electrons. The molecule has 0 aromatic carbocycles. The van der Waals surface area contributed by atoms with Gasteiger partial charge in [0.25, 0.3) is 0 Å². The Morgan fingerprint density at radius 2 is 2.60 bits per heavy atom. The van der Waals surface area contributed by atoms with Crippen molar-refractivity contribution in [2.24, 2.45) is 0 Å². The van der Waals surface area contributed by atoms with Crippen LogP contribution in [0.3, 0.4) is 0 Å². The van der Waals surface area contributed by atoms with E-state index in [0.717, 1.165) is 5.01 Å². The topological polar surface area (TPSA) is 38.9 Å². The molecule has 2 heterocycles. The first-order chi connectivity index (χ1) is 4.97. The van der Waals surface area contributed by atoms with Crippen LogP contribution >= 0.6 is 11.3 Å². The summed E-state index contributed by atoms with van der Waals surface area (Å²) < 4.78 is 4.86. The molecule has 0 atom stereocenters. The van der Waals surface area contributed by atoms with Crippen LogP contribution in [0.15, 0.2) is 22.2 Å². The molecule has 0 saturated heterocycles. The maximum absolute atomic E-state index is 4.86. The molecule has 2 rings (SSSR count). The van der Waals surface area contributed by atoms with E-state index in [-0.39, 0.29) is 0 Å². The Labute approximate surface area is 61.3 Å². The van der Waals surface area contributed by atoms with E-state index >= 15 is 0 Å². The minimum Gasteiger partial charge on any atom is -0.354 e. The third kappa shape index (κ3) is 0.823. The molecule has 2 aromatic rings. The summed E-state index contributed by atoms with van der Waals surface area (Å²) in [6.07, 6.45) is 4.29. The van der Waals surface area contributed by atoms with Crippen LogP contribution in [-0.2, 0) is 0 Å². The smallest absolute Gasteiger partial charge is 0.195 e. The van der Waals surface area contributed by atoms with Gasteiger partial charge in [-0.1, -0.05) is 5.16 Å². The number of thiazole rings is 1. The van der Waals surface area contributed by atoms with E-state index in [1.807, 2.05) is 0 Å². The van der Waals surface area contributed by atoms with E-state index in [0.29, 0.717) is 5.76 Å². The van der Waals surface area contributed by atoms with Gasteiger partial charge in [0.15, 0.2) is 10.8 Å². The second-order valence-corrected chi connectivity index (χ2v) is 2.52. The molecule has 0 aliphatic rings. The molecule has 2 aromatic heterocycles. The highest BCUT2D eigenvalue weighted by Crippen LogP contribution is 2.19. The average molecular weight is 151 g/mol. The Bertz CT molecular complexity index is 255. The van der Waals surface area contributed by atoms with Crippen molar-refractivity contribution < 1.29 is 4.52 Å². The molecular formula is C6H3N2OS. The Hall–Kier alpha value is -1.16. The number of aromatic nitrogens is 2. The summed E-state index contributed by atoms with van der Waals surface area (Å²) in [6.45, 7) is 0. The number of nitrogens with zero attached hydrogens (tertiary/aromatic N) is 2. The lowest BCUT2D eigenvalue weighted by Gasteiger charge is -1.80. The van der Waals surface area contributed by atoms with Gasteiger partial charge < -0.3 is 4.52 Å².